The van der Waals surface area contributed by atoms with Crippen molar-refractivity contribution in [1.82, 2.24) is 4.98 Å². The molecule has 0 aliphatic carbocycles. The first-order valence-corrected chi connectivity index (χ1v) is 4.19. The second-order valence-electron chi connectivity index (χ2n) is 2.21. The molecule has 62 valence electrons. The number of halogens is 2. The van der Waals surface area contributed by atoms with Crippen molar-refractivity contribution < 1.29 is 0 Å². The predicted octanol–water partition coefficient (Wildman–Crippen LogP) is 2.82. The van der Waals surface area contributed by atoms with E-state index in [2.05, 4.69) is 4.98 Å². The van der Waals surface area contributed by atoms with Gasteiger partial charge < -0.3 is 0 Å². The van der Waals surface area contributed by atoms with Gasteiger partial charge in [0.1, 0.15) is 6.07 Å². The molecule has 0 fully saturated rings. The fourth-order valence-corrected chi connectivity index (χ4v) is 1.56. The highest BCUT2D eigenvalue weighted by Crippen LogP contribution is 2.26. The second-order valence-corrected chi connectivity index (χ2v) is 3.00. The smallest absolute Gasteiger partial charge is 0.159 e. The van der Waals surface area contributed by atoms with Crippen LogP contribution in [0.3, 0.4) is 0 Å². The van der Waals surface area contributed by atoms with Crippen molar-refractivity contribution >= 4 is 23.2 Å². The van der Waals surface area contributed by atoms with Gasteiger partial charge in [-0.3, -0.25) is 0 Å². The summed E-state index contributed by atoms with van der Waals surface area (Å²) in [6.45, 7) is 1.92. The first-order valence-electron chi connectivity index (χ1n) is 3.43. The van der Waals surface area contributed by atoms with E-state index in [0.29, 0.717) is 16.5 Å². The molecule has 0 aromatic carbocycles. The zero-order chi connectivity index (χ0) is 9.14. The molecule has 0 radical (unpaired) electrons. The van der Waals surface area contributed by atoms with Crippen molar-refractivity contribution in [2.45, 2.75) is 13.3 Å². The first kappa shape index (κ1) is 9.31. The molecular weight excluding hydrogens is 195 g/mol. The monoisotopic (exact) mass is 200 g/mol. The maximum atomic E-state index is 8.59. The van der Waals surface area contributed by atoms with Crippen LogP contribution in [0.1, 0.15) is 18.2 Å². The lowest BCUT2D eigenvalue weighted by molar-refractivity contribution is 1.11. The van der Waals surface area contributed by atoms with E-state index in [1.165, 1.54) is 6.20 Å². The molecule has 1 aromatic heterocycles. The number of aromatic nitrogens is 1. The highest BCUT2D eigenvalue weighted by Gasteiger charge is 2.09. The van der Waals surface area contributed by atoms with Crippen molar-refractivity contribution in [3.8, 4) is 6.07 Å². The summed E-state index contributed by atoms with van der Waals surface area (Å²) in [6.07, 6.45) is 2.15. The summed E-state index contributed by atoms with van der Waals surface area (Å²) in [6, 6.07) is 1.90. The second kappa shape index (κ2) is 3.75. The van der Waals surface area contributed by atoms with E-state index in [9.17, 15) is 0 Å². The van der Waals surface area contributed by atoms with E-state index in [-0.39, 0.29) is 5.69 Å². The Morgan fingerprint density at radius 3 is 2.75 bits per heavy atom. The molecule has 0 N–H and O–H groups in total. The van der Waals surface area contributed by atoms with Gasteiger partial charge in [-0.15, -0.1) is 0 Å². The highest BCUT2D eigenvalue weighted by molar-refractivity contribution is 6.36. The molecule has 12 heavy (non-hydrogen) atoms. The minimum absolute atomic E-state index is 0.234. The van der Waals surface area contributed by atoms with E-state index < -0.39 is 0 Å². The molecule has 2 nitrogen and oxygen atoms in total. The van der Waals surface area contributed by atoms with Crippen molar-refractivity contribution in [2.24, 2.45) is 0 Å². The van der Waals surface area contributed by atoms with Gasteiger partial charge in [0.2, 0.25) is 0 Å². The van der Waals surface area contributed by atoms with E-state index in [1.54, 1.807) is 0 Å². The molecule has 0 saturated carbocycles. The van der Waals surface area contributed by atoms with E-state index in [4.69, 9.17) is 28.5 Å². The molecule has 0 spiro atoms. The van der Waals surface area contributed by atoms with Gasteiger partial charge in [-0.2, -0.15) is 5.26 Å². The van der Waals surface area contributed by atoms with Gasteiger partial charge in [-0.25, -0.2) is 4.98 Å². The van der Waals surface area contributed by atoms with E-state index in [0.717, 1.165) is 5.56 Å². The van der Waals surface area contributed by atoms with Crippen LogP contribution in [0.15, 0.2) is 6.20 Å². The number of nitriles is 1. The summed E-state index contributed by atoms with van der Waals surface area (Å²) in [4.78, 5) is 3.78. The number of hydrogen-bond donors (Lipinski definition) is 0. The predicted molar refractivity (Wildman–Crippen MR) is 48.4 cm³/mol. The van der Waals surface area contributed by atoms with Gasteiger partial charge in [-0.05, 0) is 12.0 Å². The van der Waals surface area contributed by atoms with Crippen LogP contribution in [0.25, 0.3) is 0 Å². The van der Waals surface area contributed by atoms with Gasteiger partial charge in [0, 0.05) is 6.20 Å². The third-order valence-corrected chi connectivity index (χ3v) is 2.26. The Kier molecular flexibility index (Phi) is 2.91. The molecule has 0 aliphatic heterocycles. The molecule has 4 heteroatoms. The van der Waals surface area contributed by atoms with E-state index in [1.807, 2.05) is 13.0 Å². The minimum Gasteiger partial charge on any atom is -0.242 e. The average Bonchev–Trinajstić information content (AvgIpc) is 2.06. The first-order chi connectivity index (χ1) is 5.70. The van der Waals surface area contributed by atoms with Crippen LogP contribution in [0, 0.1) is 11.3 Å². The number of rotatable bonds is 1. The largest absolute Gasteiger partial charge is 0.242 e. The molecule has 1 aromatic rings. The molecule has 1 heterocycles. The Hall–Kier alpha value is -0.780. The van der Waals surface area contributed by atoms with Gasteiger partial charge >= 0.3 is 0 Å². The zero-order valence-electron chi connectivity index (χ0n) is 6.43. The van der Waals surface area contributed by atoms with Crippen LogP contribution in [-0.4, -0.2) is 4.98 Å². The Labute approximate surface area is 80.7 Å². The quantitative estimate of drug-likeness (QED) is 0.700. The minimum atomic E-state index is 0.234. The summed E-state index contributed by atoms with van der Waals surface area (Å²) in [7, 11) is 0. The Balaban J connectivity index is 3.36. The van der Waals surface area contributed by atoms with Crippen LogP contribution in [0.2, 0.25) is 10.0 Å². The molecule has 0 aliphatic rings. The lowest BCUT2D eigenvalue weighted by atomic mass is 10.2. The third-order valence-electron chi connectivity index (χ3n) is 1.53. The van der Waals surface area contributed by atoms with Gasteiger partial charge in [-0.1, -0.05) is 30.1 Å². The number of nitrogens with zero attached hydrogens (tertiary/aromatic N) is 2. The standard InChI is InChI=1S/C8H6Cl2N2/c1-2-5-6(9)4-12-7(3-11)8(5)10/h4H,2H2,1H3. The number of hydrogen-bond acceptors (Lipinski definition) is 2. The van der Waals surface area contributed by atoms with Crippen LogP contribution < -0.4 is 0 Å². The third kappa shape index (κ3) is 1.52. The van der Waals surface area contributed by atoms with E-state index >= 15 is 0 Å². The maximum Gasteiger partial charge on any atom is 0.159 e. The van der Waals surface area contributed by atoms with Gasteiger partial charge in [0.25, 0.3) is 0 Å². The number of pyridine rings is 1. The molecule has 0 amide bonds. The fourth-order valence-electron chi connectivity index (χ4n) is 0.906. The molecule has 1 rings (SSSR count). The highest BCUT2D eigenvalue weighted by atomic mass is 35.5. The summed E-state index contributed by atoms with van der Waals surface area (Å²) in [5.41, 5.74) is 1.02. The maximum absolute atomic E-state index is 8.59. The van der Waals surface area contributed by atoms with Crippen LogP contribution in [0.4, 0.5) is 0 Å². The molecule has 0 unspecified atom stereocenters. The Morgan fingerprint density at radius 2 is 2.25 bits per heavy atom. The lowest BCUT2D eigenvalue weighted by Crippen LogP contribution is -1.91. The van der Waals surface area contributed by atoms with Crippen LogP contribution in [-0.2, 0) is 6.42 Å². The fraction of sp³-hybridized carbons (Fsp3) is 0.250. The molecule has 0 bridgehead atoms. The lowest BCUT2D eigenvalue weighted by Gasteiger charge is -2.03. The SMILES string of the molecule is CCc1c(Cl)cnc(C#N)c1Cl. The normalized spacial score (nSPS) is 9.50. The Bertz CT molecular complexity index is 342. The summed E-state index contributed by atoms with van der Waals surface area (Å²) >= 11 is 11.6. The summed E-state index contributed by atoms with van der Waals surface area (Å²) in [5, 5.41) is 9.47. The average molecular weight is 201 g/mol. The molecular formula is C8H6Cl2N2. The van der Waals surface area contributed by atoms with Crippen molar-refractivity contribution in [1.29, 1.82) is 5.26 Å². The summed E-state index contributed by atoms with van der Waals surface area (Å²) in [5.74, 6) is 0. The van der Waals surface area contributed by atoms with Crippen LogP contribution >= 0.6 is 23.2 Å². The summed E-state index contributed by atoms with van der Waals surface area (Å²) < 4.78 is 0. The van der Waals surface area contributed by atoms with Crippen LogP contribution in [0.5, 0.6) is 0 Å². The Morgan fingerprint density at radius 1 is 1.58 bits per heavy atom. The van der Waals surface area contributed by atoms with Gasteiger partial charge in [0.15, 0.2) is 5.69 Å². The molecule has 0 saturated heterocycles. The zero-order valence-corrected chi connectivity index (χ0v) is 7.95. The van der Waals surface area contributed by atoms with Crippen molar-refractivity contribution in [3.63, 3.8) is 0 Å². The van der Waals surface area contributed by atoms with Crippen molar-refractivity contribution in [3.05, 3.63) is 27.5 Å². The van der Waals surface area contributed by atoms with Crippen molar-refractivity contribution in [2.75, 3.05) is 0 Å². The van der Waals surface area contributed by atoms with Gasteiger partial charge in [0.05, 0.1) is 10.0 Å². The molecule has 0 atom stereocenters. The topological polar surface area (TPSA) is 36.7 Å².